The Labute approximate surface area is 77.0 Å². The van der Waals surface area contributed by atoms with Gasteiger partial charge in [-0.2, -0.15) is 0 Å². The highest BCUT2D eigenvalue weighted by Crippen LogP contribution is 2.41. The van der Waals surface area contributed by atoms with E-state index in [2.05, 4.69) is 0 Å². The quantitative estimate of drug-likeness (QED) is 0.694. The van der Waals surface area contributed by atoms with Crippen LogP contribution in [0.25, 0.3) is 10.1 Å². The second-order valence-electron chi connectivity index (χ2n) is 2.33. The predicted octanol–water partition coefficient (Wildman–Crippen LogP) is 3.40. The second kappa shape index (κ2) is 2.61. The van der Waals surface area contributed by atoms with Crippen LogP contribution in [-0.4, -0.2) is 5.11 Å². The summed E-state index contributed by atoms with van der Waals surface area (Å²) < 4.78 is 13.7. The predicted molar refractivity (Wildman–Crippen MR) is 48.5 cm³/mol. The smallest absolute Gasteiger partial charge is 0.191 e. The average molecular weight is 203 g/mol. The van der Waals surface area contributed by atoms with Gasteiger partial charge in [-0.15, -0.1) is 0 Å². The summed E-state index contributed by atoms with van der Waals surface area (Å²) in [5.74, 6) is -0.394. The van der Waals surface area contributed by atoms with Gasteiger partial charge in [0.15, 0.2) is 5.06 Å². The first-order valence-corrected chi connectivity index (χ1v) is 4.45. The highest BCUT2D eigenvalue weighted by Gasteiger charge is 2.11. The topological polar surface area (TPSA) is 20.2 Å². The molecule has 2 aromatic rings. The molecule has 0 spiro atoms. The number of fused-ring (bicyclic) bond motifs is 1. The maximum absolute atomic E-state index is 13.1. The Balaban J connectivity index is 2.97. The van der Waals surface area contributed by atoms with Gasteiger partial charge in [-0.3, -0.25) is 0 Å². The number of halogens is 2. The molecule has 0 saturated carbocycles. The fraction of sp³-hybridized carbons (Fsp3) is 0. The van der Waals surface area contributed by atoms with E-state index in [1.807, 2.05) is 0 Å². The first-order valence-electron chi connectivity index (χ1n) is 3.25. The zero-order chi connectivity index (χ0) is 8.72. The van der Waals surface area contributed by atoms with Gasteiger partial charge in [0.2, 0.25) is 0 Å². The van der Waals surface area contributed by atoms with Gasteiger partial charge >= 0.3 is 0 Å². The number of hydrogen-bond donors (Lipinski definition) is 1. The van der Waals surface area contributed by atoms with Crippen LogP contribution in [0, 0.1) is 5.82 Å². The molecule has 1 nitrogen and oxygen atoms in total. The minimum atomic E-state index is -0.394. The molecule has 0 aliphatic rings. The van der Waals surface area contributed by atoms with E-state index < -0.39 is 5.82 Å². The van der Waals surface area contributed by atoms with Crippen molar-refractivity contribution in [3.8, 4) is 5.06 Å². The molecule has 62 valence electrons. The lowest BCUT2D eigenvalue weighted by atomic mass is 10.2. The number of hydrogen-bond acceptors (Lipinski definition) is 2. The van der Waals surface area contributed by atoms with Gasteiger partial charge in [-0.25, -0.2) is 4.39 Å². The monoisotopic (exact) mass is 202 g/mol. The summed E-state index contributed by atoms with van der Waals surface area (Å²) in [6.45, 7) is 0. The maximum atomic E-state index is 13.1. The molecular formula is C8H4ClFOS. The first-order chi connectivity index (χ1) is 5.70. The molecule has 1 aromatic carbocycles. The van der Waals surface area contributed by atoms with Crippen LogP contribution in [0.2, 0.25) is 5.02 Å². The van der Waals surface area contributed by atoms with Crippen LogP contribution >= 0.6 is 22.9 Å². The maximum Gasteiger partial charge on any atom is 0.191 e. The van der Waals surface area contributed by atoms with Crippen molar-refractivity contribution in [2.24, 2.45) is 0 Å². The number of aromatic hydroxyl groups is 1. The molecule has 0 radical (unpaired) electrons. The van der Waals surface area contributed by atoms with Crippen LogP contribution in [0.3, 0.4) is 0 Å². The third-order valence-electron chi connectivity index (χ3n) is 1.59. The number of thiophene rings is 1. The molecule has 2 rings (SSSR count). The first kappa shape index (κ1) is 7.83. The zero-order valence-corrected chi connectivity index (χ0v) is 7.42. The minimum absolute atomic E-state index is 0.0308. The van der Waals surface area contributed by atoms with E-state index in [1.54, 1.807) is 12.1 Å². The Morgan fingerprint density at radius 1 is 1.42 bits per heavy atom. The summed E-state index contributed by atoms with van der Waals surface area (Å²) in [6.07, 6.45) is 0. The van der Waals surface area contributed by atoms with Crippen molar-refractivity contribution >= 4 is 33.0 Å². The Morgan fingerprint density at radius 3 is 2.83 bits per heavy atom. The zero-order valence-electron chi connectivity index (χ0n) is 5.84. The van der Waals surface area contributed by atoms with Crippen LogP contribution < -0.4 is 0 Å². The average Bonchev–Trinajstić information content (AvgIpc) is 2.29. The van der Waals surface area contributed by atoms with Gasteiger partial charge in [0.1, 0.15) is 10.8 Å². The third-order valence-corrected chi connectivity index (χ3v) is 3.03. The Bertz CT molecular complexity index is 438. The van der Waals surface area contributed by atoms with Crippen LogP contribution in [0.15, 0.2) is 18.2 Å². The van der Waals surface area contributed by atoms with Crippen LogP contribution in [0.5, 0.6) is 5.06 Å². The van der Waals surface area contributed by atoms with E-state index in [9.17, 15) is 9.50 Å². The second-order valence-corrected chi connectivity index (χ2v) is 3.74. The molecule has 0 aliphatic carbocycles. The van der Waals surface area contributed by atoms with E-state index in [0.717, 1.165) is 11.3 Å². The molecule has 4 heteroatoms. The molecular weight excluding hydrogens is 199 g/mol. The molecule has 0 aliphatic heterocycles. The summed E-state index contributed by atoms with van der Waals surface area (Å²) >= 11 is 6.74. The Kier molecular flexibility index (Phi) is 1.70. The van der Waals surface area contributed by atoms with Crippen LogP contribution in [0.4, 0.5) is 4.39 Å². The molecule has 1 heterocycles. The lowest BCUT2D eigenvalue weighted by Gasteiger charge is -1.90. The highest BCUT2D eigenvalue weighted by molar-refractivity contribution is 7.21. The van der Waals surface area contributed by atoms with Crippen molar-refractivity contribution in [1.82, 2.24) is 0 Å². The number of benzene rings is 1. The van der Waals surface area contributed by atoms with Gasteiger partial charge in [0, 0.05) is 4.70 Å². The van der Waals surface area contributed by atoms with E-state index in [0.29, 0.717) is 10.1 Å². The van der Waals surface area contributed by atoms with Gasteiger partial charge in [0.25, 0.3) is 0 Å². The standard InChI is InChI=1S/C8H4ClFOS/c9-7-6-4(10)2-1-3-5(6)12-8(7)11/h1-3,11H. The van der Waals surface area contributed by atoms with Gasteiger partial charge in [-0.1, -0.05) is 29.0 Å². The molecule has 0 unspecified atom stereocenters. The van der Waals surface area contributed by atoms with Crippen LogP contribution in [-0.2, 0) is 0 Å². The number of rotatable bonds is 0. The molecule has 0 bridgehead atoms. The minimum Gasteiger partial charge on any atom is -0.498 e. The van der Waals surface area contributed by atoms with Crippen molar-refractivity contribution in [3.05, 3.63) is 29.0 Å². The van der Waals surface area contributed by atoms with E-state index in [-0.39, 0.29) is 10.1 Å². The Hall–Kier alpha value is -0.800. The van der Waals surface area contributed by atoms with Crippen molar-refractivity contribution in [3.63, 3.8) is 0 Å². The van der Waals surface area contributed by atoms with Crippen molar-refractivity contribution in [2.45, 2.75) is 0 Å². The molecule has 0 fully saturated rings. The fourth-order valence-electron chi connectivity index (χ4n) is 1.06. The lowest BCUT2D eigenvalue weighted by Crippen LogP contribution is -1.72. The summed E-state index contributed by atoms with van der Waals surface area (Å²) in [5, 5.41) is 9.57. The largest absolute Gasteiger partial charge is 0.498 e. The highest BCUT2D eigenvalue weighted by atomic mass is 35.5. The molecule has 0 saturated heterocycles. The lowest BCUT2D eigenvalue weighted by molar-refractivity contribution is 0.491. The van der Waals surface area contributed by atoms with Gasteiger partial charge < -0.3 is 5.11 Å². The summed E-state index contributed by atoms with van der Waals surface area (Å²) in [4.78, 5) is 0. The van der Waals surface area contributed by atoms with E-state index in [4.69, 9.17) is 11.6 Å². The summed E-state index contributed by atoms with van der Waals surface area (Å²) in [6, 6.07) is 4.62. The van der Waals surface area contributed by atoms with Gasteiger partial charge in [-0.05, 0) is 12.1 Å². The van der Waals surface area contributed by atoms with E-state index in [1.165, 1.54) is 6.07 Å². The fourth-order valence-corrected chi connectivity index (χ4v) is 2.27. The van der Waals surface area contributed by atoms with E-state index >= 15 is 0 Å². The summed E-state index contributed by atoms with van der Waals surface area (Å²) in [5.41, 5.74) is 0. The molecule has 0 amide bonds. The van der Waals surface area contributed by atoms with Crippen molar-refractivity contribution in [2.75, 3.05) is 0 Å². The molecule has 1 N–H and O–H groups in total. The Morgan fingerprint density at radius 2 is 2.17 bits per heavy atom. The van der Waals surface area contributed by atoms with Gasteiger partial charge in [0.05, 0.1) is 5.39 Å². The SMILES string of the molecule is Oc1sc2cccc(F)c2c1Cl. The van der Waals surface area contributed by atoms with Crippen LogP contribution in [0.1, 0.15) is 0 Å². The molecule has 12 heavy (non-hydrogen) atoms. The van der Waals surface area contributed by atoms with Crippen molar-refractivity contribution < 1.29 is 9.50 Å². The molecule has 1 aromatic heterocycles. The van der Waals surface area contributed by atoms with Crippen molar-refractivity contribution in [1.29, 1.82) is 0 Å². The molecule has 0 atom stereocenters. The third kappa shape index (κ3) is 0.974. The summed E-state index contributed by atoms with van der Waals surface area (Å²) in [7, 11) is 0. The normalized spacial score (nSPS) is 10.8.